The molecule has 4 rings (SSSR count). The number of rotatable bonds is 6. The molecule has 0 saturated heterocycles. The highest BCUT2D eigenvalue weighted by Gasteiger charge is 2.40. The summed E-state index contributed by atoms with van der Waals surface area (Å²) in [6.45, 7) is 0. The summed E-state index contributed by atoms with van der Waals surface area (Å²) >= 11 is 12.2. The first-order valence-corrected chi connectivity index (χ1v) is 11.2. The molecule has 2 N–H and O–H groups in total. The molecular weight excluding hydrogens is 534 g/mol. The molecule has 7 nitrogen and oxygen atoms in total. The van der Waals surface area contributed by atoms with E-state index in [1.165, 1.54) is 61.7 Å². The van der Waals surface area contributed by atoms with Crippen LogP contribution in [0.2, 0.25) is 5.02 Å². The van der Waals surface area contributed by atoms with E-state index in [2.05, 4.69) is 10.6 Å². The first kappa shape index (κ1) is 26.1. The summed E-state index contributed by atoms with van der Waals surface area (Å²) in [6, 6.07) is 14.3. The first-order chi connectivity index (χ1) is 17.5. The van der Waals surface area contributed by atoms with Gasteiger partial charge >= 0.3 is 6.18 Å². The molecule has 3 amide bonds. The molecule has 0 spiro atoms. The molecule has 1 heterocycles. The molecular formula is C25H16Cl2F3N3O4. The van der Waals surface area contributed by atoms with Crippen molar-refractivity contribution in [3.05, 3.63) is 93.6 Å². The van der Waals surface area contributed by atoms with Crippen molar-refractivity contribution < 1.29 is 32.3 Å². The Morgan fingerprint density at radius 2 is 1.62 bits per heavy atom. The summed E-state index contributed by atoms with van der Waals surface area (Å²) in [5.41, 5.74) is -0.538. The quantitative estimate of drug-likeness (QED) is 0.365. The molecule has 1 aliphatic rings. The number of ether oxygens (including phenoxy) is 1. The highest BCUT2D eigenvalue weighted by atomic mass is 35.5. The van der Waals surface area contributed by atoms with Crippen LogP contribution in [0, 0.1) is 0 Å². The second kappa shape index (κ2) is 10.2. The van der Waals surface area contributed by atoms with Gasteiger partial charge in [0.2, 0.25) is 0 Å². The maximum Gasteiger partial charge on any atom is 0.416 e. The largest absolute Gasteiger partial charge is 0.495 e. The molecule has 0 fully saturated rings. The summed E-state index contributed by atoms with van der Waals surface area (Å²) in [6.07, 6.45) is -4.55. The third-order valence-corrected chi connectivity index (χ3v) is 5.86. The van der Waals surface area contributed by atoms with Crippen molar-refractivity contribution >= 4 is 58.0 Å². The summed E-state index contributed by atoms with van der Waals surface area (Å²) < 4.78 is 43.9. The van der Waals surface area contributed by atoms with Crippen LogP contribution < -0.4 is 20.3 Å². The molecule has 0 aliphatic carbocycles. The summed E-state index contributed by atoms with van der Waals surface area (Å²) in [5, 5.41) is 5.08. The van der Waals surface area contributed by atoms with E-state index < -0.39 is 29.5 Å². The van der Waals surface area contributed by atoms with Crippen LogP contribution in [0.1, 0.15) is 15.9 Å². The lowest BCUT2D eigenvalue weighted by Crippen LogP contribution is -2.32. The first-order valence-electron chi connectivity index (χ1n) is 10.5. The number of benzene rings is 3. The number of hydrogen-bond donors (Lipinski definition) is 2. The van der Waals surface area contributed by atoms with Crippen molar-refractivity contribution in [1.82, 2.24) is 0 Å². The number of nitrogens with zero attached hydrogens (tertiary/aromatic N) is 1. The monoisotopic (exact) mass is 549 g/mol. The van der Waals surface area contributed by atoms with Gasteiger partial charge in [0.05, 0.1) is 18.4 Å². The van der Waals surface area contributed by atoms with Crippen molar-refractivity contribution in [1.29, 1.82) is 0 Å². The van der Waals surface area contributed by atoms with Crippen LogP contribution in [0.15, 0.2) is 77.5 Å². The summed E-state index contributed by atoms with van der Waals surface area (Å²) in [7, 11) is 1.37. The van der Waals surface area contributed by atoms with E-state index >= 15 is 0 Å². The predicted molar refractivity (Wildman–Crippen MR) is 133 cm³/mol. The number of carbonyl (C=O) groups is 3. The van der Waals surface area contributed by atoms with E-state index in [0.717, 1.165) is 17.0 Å². The Labute approximate surface area is 218 Å². The average molecular weight is 550 g/mol. The molecule has 37 heavy (non-hydrogen) atoms. The standard InChI is InChI=1S/C25H16Cl2F3N3O4/c1-37-19-10-7-15(26)12-18(19)33-23(35)20(27)21(24(33)36)31-16-8-5-13(6-9-16)22(34)32-17-4-2-3-14(11-17)25(28,29)30/h2-12,31H,1H3,(H,32,34). The molecule has 12 heteroatoms. The van der Waals surface area contributed by atoms with Gasteiger partial charge in [0.15, 0.2) is 0 Å². The van der Waals surface area contributed by atoms with Gasteiger partial charge in [0.25, 0.3) is 17.7 Å². The van der Waals surface area contributed by atoms with Crippen molar-refractivity contribution in [2.45, 2.75) is 6.18 Å². The van der Waals surface area contributed by atoms with Gasteiger partial charge in [-0.2, -0.15) is 13.2 Å². The summed E-state index contributed by atoms with van der Waals surface area (Å²) in [5.74, 6) is -1.95. The normalized spacial score (nSPS) is 13.7. The predicted octanol–water partition coefficient (Wildman–Crippen LogP) is 6.06. The second-order valence-corrected chi connectivity index (χ2v) is 8.50. The maximum absolute atomic E-state index is 13.0. The van der Waals surface area contributed by atoms with Crippen molar-refractivity contribution in [3.8, 4) is 5.75 Å². The lowest BCUT2D eigenvalue weighted by Gasteiger charge is -2.18. The third-order valence-electron chi connectivity index (χ3n) is 5.27. The van der Waals surface area contributed by atoms with Gasteiger partial charge < -0.3 is 15.4 Å². The van der Waals surface area contributed by atoms with Crippen LogP contribution in [0.5, 0.6) is 5.75 Å². The Kier molecular flexibility index (Phi) is 7.15. The van der Waals surface area contributed by atoms with Crippen LogP contribution >= 0.6 is 23.2 Å². The number of methoxy groups -OCH3 is 1. The van der Waals surface area contributed by atoms with E-state index in [1.54, 1.807) is 0 Å². The molecule has 0 saturated carbocycles. The molecule has 0 bridgehead atoms. The lowest BCUT2D eigenvalue weighted by atomic mass is 10.1. The van der Waals surface area contributed by atoms with Gasteiger partial charge in [-0.3, -0.25) is 14.4 Å². The van der Waals surface area contributed by atoms with E-state index in [1.807, 2.05) is 0 Å². The molecule has 3 aromatic carbocycles. The molecule has 0 aromatic heterocycles. The minimum absolute atomic E-state index is 0.0226. The average Bonchev–Trinajstić information content (AvgIpc) is 3.07. The highest BCUT2D eigenvalue weighted by molar-refractivity contribution is 6.53. The van der Waals surface area contributed by atoms with Gasteiger partial charge in [0, 0.05) is 22.0 Å². The molecule has 190 valence electrons. The number of nitrogens with one attached hydrogen (secondary N) is 2. The molecule has 0 atom stereocenters. The Morgan fingerprint density at radius 3 is 2.27 bits per heavy atom. The minimum atomic E-state index is -4.55. The number of anilines is 3. The third kappa shape index (κ3) is 5.40. The lowest BCUT2D eigenvalue weighted by molar-refractivity contribution is -0.137. The van der Waals surface area contributed by atoms with Crippen LogP contribution in [0.25, 0.3) is 0 Å². The zero-order valence-electron chi connectivity index (χ0n) is 18.8. The number of carbonyl (C=O) groups excluding carboxylic acids is 3. The Bertz CT molecular complexity index is 1440. The van der Waals surface area contributed by atoms with Gasteiger partial charge in [0.1, 0.15) is 16.5 Å². The maximum atomic E-state index is 13.0. The number of hydrogen-bond acceptors (Lipinski definition) is 5. The SMILES string of the molecule is COc1ccc(Cl)cc1N1C(=O)C(Cl)=C(Nc2ccc(C(=O)Nc3cccc(C(F)(F)F)c3)cc2)C1=O. The van der Waals surface area contributed by atoms with Gasteiger partial charge in [-0.1, -0.05) is 29.3 Å². The van der Waals surface area contributed by atoms with Crippen LogP contribution in [0.4, 0.5) is 30.2 Å². The van der Waals surface area contributed by atoms with E-state index in [4.69, 9.17) is 27.9 Å². The fourth-order valence-corrected chi connectivity index (χ4v) is 3.87. The number of halogens is 5. The number of alkyl halides is 3. The Hall–Kier alpha value is -4.02. The van der Waals surface area contributed by atoms with E-state index in [-0.39, 0.29) is 38.4 Å². The summed E-state index contributed by atoms with van der Waals surface area (Å²) in [4.78, 5) is 39.1. The van der Waals surface area contributed by atoms with Crippen LogP contribution in [-0.2, 0) is 15.8 Å². The van der Waals surface area contributed by atoms with Gasteiger partial charge in [-0.15, -0.1) is 0 Å². The molecule has 1 aliphatic heterocycles. The fourth-order valence-electron chi connectivity index (χ4n) is 3.49. The molecule has 0 radical (unpaired) electrons. The van der Waals surface area contributed by atoms with Crippen molar-refractivity contribution in [2.24, 2.45) is 0 Å². The zero-order valence-corrected chi connectivity index (χ0v) is 20.3. The fraction of sp³-hybridized carbons (Fsp3) is 0.0800. The Balaban J connectivity index is 1.49. The molecule has 3 aromatic rings. The van der Waals surface area contributed by atoms with Crippen LogP contribution in [0.3, 0.4) is 0 Å². The van der Waals surface area contributed by atoms with Crippen molar-refractivity contribution in [3.63, 3.8) is 0 Å². The topological polar surface area (TPSA) is 87.7 Å². The molecule has 0 unspecified atom stereocenters. The van der Waals surface area contributed by atoms with E-state index in [0.29, 0.717) is 5.69 Å². The smallest absolute Gasteiger partial charge is 0.416 e. The number of amides is 3. The second-order valence-electron chi connectivity index (χ2n) is 7.69. The van der Waals surface area contributed by atoms with Gasteiger partial charge in [-0.05, 0) is 60.7 Å². The minimum Gasteiger partial charge on any atom is -0.495 e. The van der Waals surface area contributed by atoms with Gasteiger partial charge in [-0.25, -0.2) is 4.90 Å². The van der Waals surface area contributed by atoms with Crippen molar-refractivity contribution in [2.75, 3.05) is 22.6 Å². The van der Waals surface area contributed by atoms with E-state index in [9.17, 15) is 27.6 Å². The Morgan fingerprint density at radius 1 is 0.919 bits per heavy atom. The zero-order chi connectivity index (χ0) is 26.9. The number of imide groups is 1. The van der Waals surface area contributed by atoms with Crippen LogP contribution in [-0.4, -0.2) is 24.8 Å². The highest BCUT2D eigenvalue weighted by Crippen LogP contribution is 2.37.